The van der Waals surface area contributed by atoms with Gasteiger partial charge in [-0.3, -0.25) is 4.79 Å². The Bertz CT molecular complexity index is 366. The van der Waals surface area contributed by atoms with Crippen LogP contribution in [0, 0.1) is 6.92 Å². The smallest absolute Gasteiger partial charge is 0.224 e. The minimum absolute atomic E-state index is 0.0283. The van der Waals surface area contributed by atoms with Crippen LogP contribution in [0.4, 0.5) is 5.69 Å². The summed E-state index contributed by atoms with van der Waals surface area (Å²) < 4.78 is 0. The van der Waals surface area contributed by atoms with Crippen molar-refractivity contribution >= 4 is 23.2 Å². The Hall–Kier alpha value is -1.06. The van der Waals surface area contributed by atoms with Gasteiger partial charge in [-0.15, -0.1) is 0 Å². The molecule has 0 bridgehead atoms. The lowest BCUT2D eigenvalue weighted by Gasteiger charge is -2.08. The van der Waals surface area contributed by atoms with Crippen LogP contribution in [-0.4, -0.2) is 19.5 Å². The second-order valence-corrected chi connectivity index (χ2v) is 4.15. The van der Waals surface area contributed by atoms with Gasteiger partial charge in [0.1, 0.15) is 0 Å². The lowest BCUT2D eigenvalue weighted by molar-refractivity contribution is -0.116. The van der Waals surface area contributed by atoms with Gasteiger partial charge >= 0.3 is 0 Å². The molecule has 16 heavy (non-hydrogen) atoms. The van der Waals surface area contributed by atoms with Crippen LogP contribution in [0.15, 0.2) is 18.2 Å². The van der Waals surface area contributed by atoms with Crippen molar-refractivity contribution in [3.8, 4) is 0 Å². The summed E-state index contributed by atoms with van der Waals surface area (Å²) in [6, 6.07) is 5.48. The third kappa shape index (κ3) is 4.21. The summed E-state index contributed by atoms with van der Waals surface area (Å²) in [4.78, 5) is 11.6. The molecule has 0 radical (unpaired) electrons. The van der Waals surface area contributed by atoms with Crippen molar-refractivity contribution in [2.75, 3.05) is 18.9 Å². The molecule has 4 heteroatoms. The van der Waals surface area contributed by atoms with E-state index in [0.29, 0.717) is 11.4 Å². The minimum atomic E-state index is 0.0283. The minimum Gasteiger partial charge on any atom is -0.326 e. The van der Waals surface area contributed by atoms with Gasteiger partial charge in [0.25, 0.3) is 0 Å². The highest BCUT2D eigenvalue weighted by atomic mass is 35.5. The fraction of sp³-hybridized carbons (Fsp3) is 0.417. The summed E-state index contributed by atoms with van der Waals surface area (Å²) >= 11 is 5.87. The summed E-state index contributed by atoms with van der Waals surface area (Å²) in [6.07, 6.45) is 1.36. The maximum absolute atomic E-state index is 11.6. The predicted octanol–water partition coefficient (Wildman–Crippen LogP) is 2.59. The van der Waals surface area contributed by atoms with Gasteiger partial charge in [-0.05, 0) is 44.6 Å². The van der Waals surface area contributed by atoms with Crippen molar-refractivity contribution in [2.24, 2.45) is 0 Å². The Balaban J connectivity index is 2.52. The Morgan fingerprint density at radius 3 is 2.88 bits per heavy atom. The van der Waals surface area contributed by atoms with E-state index in [0.717, 1.165) is 24.2 Å². The monoisotopic (exact) mass is 240 g/mol. The zero-order valence-electron chi connectivity index (χ0n) is 9.64. The van der Waals surface area contributed by atoms with Gasteiger partial charge in [-0.25, -0.2) is 0 Å². The first kappa shape index (κ1) is 13.0. The molecule has 3 nitrogen and oxygen atoms in total. The molecule has 0 aliphatic rings. The molecule has 0 heterocycles. The summed E-state index contributed by atoms with van der Waals surface area (Å²) in [5.74, 6) is 0.0283. The largest absolute Gasteiger partial charge is 0.326 e. The van der Waals surface area contributed by atoms with E-state index in [1.165, 1.54) is 0 Å². The molecule has 88 valence electrons. The highest BCUT2D eigenvalue weighted by Crippen LogP contribution is 2.20. The molecule has 0 aromatic heterocycles. The van der Waals surface area contributed by atoms with Gasteiger partial charge in [-0.1, -0.05) is 17.7 Å². The van der Waals surface area contributed by atoms with Crippen LogP contribution in [-0.2, 0) is 4.79 Å². The predicted molar refractivity (Wildman–Crippen MR) is 68.0 cm³/mol. The van der Waals surface area contributed by atoms with Crippen LogP contribution in [0.2, 0.25) is 5.02 Å². The first-order chi connectivity index (χ1) is 7.63. The second kappa shape index (κ2) is 6.51. The molecule has 0 aliphatic heterocycles. The Morgan fingerprint density at radius 1 is 1.44 bits per heavy atom. The fourth-order valence-corrected chi connectivity index (χ4v) is 1.54. The number of benzene rings is 1. The molecule has 1 aromatic rings. The van der Waals surface area contributed by atoms with Crippen molar-refractivity contribution in [3.05, 3.63) is 28.8 Å². The van der Waals surface area contributed by atoms with Gasteiger partial charge in [0, 0.05) is 17.1 Å². The molecule has 0 fully saturated rings. The average Bonchev–Trinajstić information content (AvgIpc) is 2.24. The number of anilines is 1. The molecule has 2 N–H and O–H groups in total. The molecule has 0 spiro atoms. The van der Waals surface area contributed by atoms with Gasteiger partial charge in [-0.2, -0.15) is 0 Å². The molecule has 0 unspecified atom stereocenters. The molecule has 0 saturated carbocycles. The highest BCUT2D eigenvalue weighted by Gasteiger charge is 2.04. The summed E-state index contributed by atoms with van der Waals surface area (Å²) in [5, 5.41) is 6.50. The van der Waals surface area contributed by atoms with E-state index in [1.807, 2.05) is 26.1 Å². The lowest BCUT2D eigenvalue weighted by atomic mass is 10.2. The fourth-order valence-electron chi connectivity index (χ4n) is 1.37. The molecule has 0 saturated heterocycles. The summed E-state index contributed by atoms with van der Waals surface area (Å²) in [7, 11) is 1.87. The summed E-state index contributed by atoms with van der Waals surface area (Å²) in [5.41, 5.74) is 1.81. The first-order valence-corrected chi connectivity index (χ1v) is 5.72. The molecular formula is C12H17ClN2O. The van der Waals surface area contributed by atoms with E-state index in [-0.39, 0.29) is 5.91 Å². The second-order valence-electron chi connectivity index (χ2n) is 3.71. The van der Waals surface area contributed by atoms with E-state index in [2.05, 4.69) is 10.6 Å². The molecule has 1 rings (SSSR count). The number of carbonyl (C=O) groups excluding carboxylic acids is 1. The van der Waals surface area contributed by atoms with E-state index < -0.39 is 0 Å². The van der Waals surface area contributed by atoms with Crippen LogP contribution in [0.25, 0.3) is 0 Å². The Kier molecular flexibility index (Phi) is 5.29. The highest BCUT2D eigenvalue weighted by molar-refractivity contribution is 6.31. The first-order valence-electron chi connectivity index (χ1n) is 5.34. The van der Waals surface area contributed by atoms with Gasteiger partial charge < -0.3 is 10.6 Å². The van der Waals surface area contributed by atoms with Gasteiger partial charge in [0.15, 0.2) is 0 Å². The standard InChI is InChI=1S/C12H17ClN2O/c1-9-5-6-10(13)8-11(9)15-12(16)4-3-7-14-2/h5-6,8,14H,3-4,7H2,1-2H3,(H,15,16). The molecule has 0 aliphatic carbocycles. The topological polar surface area (TPSA) is 41.1 Å². The van der Waals surface area contributed by atoms with Gasteiger partial charge in [0.05, 0.1) is 0 Å². The van der Waals surface area contributed by atoms with Crippen LogP contribution < -0.4 is 10.6 Å². The van der Waals surface area contributed by atoms with Gasteiger partial charge in [0.2, 0.25) is 5.91 Å². The Morgan fingerprint density at radius 2 is 2.19 bits per heavy atom. The van der Waals surface area contributed by atoms with Crippen molar-refractivity contribution in [2.45, 2.75) is 19.8 Å². The number of amides is 1. The van der Waals surface area contributed by atoms with Crippen LogP contribution >= 0.6 is 11.6 Å². The number of hydrogen-bond acceptors (Lipinski definition) is 2. The third-order valence-corrected chi connectivity index (χ3v) is 2.54. The molecule has 0 atom stereocenters. The van der Waals surface area contributed by atoms with Crippen molar-refractivity contribution < 1.29 is 4.79 Å². The molecular weight excluding hydrogens is 224 g/mol. The van der Waals surface area contributed by atoms with Crippen LogP contribution in [0.1, 0.15) is 18.4 Å². The number of rotatable bonds is 5. The molecule has 1 aromatic carbocycles. The number of halogens is 1. The van der Waals surface area contributed by atoms with Crippen LogP contribution in [0.3, 0.4) is 0 Å². The van der Waals surface area contributed by atoms with Crippen molar-refractivity contribution in [3.63, 3.8) is 0 Å². The van der Waals surface area contributed by atoms with Crippen LogP contribution in [0.5, 0.6) is 0 Å². The maximum Gasteiger partial charge on any atom is 0.224 e. The normalized spacial score (nSPS) is 10.2. The quantitative estimate of drug-likeness (QED) is 0.777. The number of hydrogen-bond donors (Lipinski definition) is 2. The van der Waals surface area contributed by atoms with E-state index in [9.17, 15) is 4.79 Å². The van der Waals surface area contributed by atoms with Crippen molar-refractivity contribution in [1.29, 1.82) is 0 Å². The zero-order chi connectivity index (χ0) is 12.0. The van der Waals surface area contributed by atoms with E-state index in [1.54, 1.807) is 6.07 Å². The summed E-state index contributed by atoms with van der Waals surface area (Å²) in [6.45, 7) is 2.79. The lowest BCUT2D eigenvalue weighted by Crippen LogP contribution is -2.15. The number of carbonyl (C=O) groups is 1. The van der Waals surface area contributed by atoms with E-state index >= 15 is 0 Å². The Labute approximate surface area is 101 Å². The SMILES string of the molecule is CNCCCC(=O)Nc1cc(Cl)ccc1C. The van der Waals surface area contributed by atoms with E-state index in [4.69, 9.17) is 11.6 Å². The zero-order valence-corrected chi connectivity index (χ0v) is 10.4. The number of aryl methyl sites for hydroxylation is 1. The average molecular weight is 241 g/mol. The third-order valence-electron chi connectivity index (χ3n) is 2.30. The maximum atomic E-state index is 11.6. The van der Waals surface area contributed by atoms with Crippen molar-refractivity contribution in [1.82, 2.24) is 5.32 Å². The molecule has 1 amide bonds. The number of nitrogens with one attached hydrogen (secondary N) is 2.